The summed E-state index contributed by atoms with van der Waals surface area (Å²) in [5.74, 6) is 0. The van der Waals surface area contributed by atoms with Gasteiger partial charge in [-0.1, -0.05) is 5.16 Å². The van der Waals surface area contributed by atoms with E-state index >= 15 is 0 Å². The second kappa shape index (κ2) is 2.67. The van der Waals surface area contributed by atoms with Gasteiger partial charge in [0.15, 0.2) is 12.0 Å². The minimum absolute atomic E-state index is 0.282. The highest BCUT2D eigenvalue weighted by Gasteiger charge is 2.07. The van der Waals surface area contributed by atoms with Crippen LogP contribution in [-0.4, -0.2) is 16.4 Å². The molecule has 0 saturated heterocycles. The normalized spacial score (nSPS) is 10.4. The average molecular weight is 227 g/mol. The van der Waals surface area contributed by atoms with Crippen LogP contribution in [0.1, 0.15) is 10.5 Å². The number of hydrogen-bond donors (Lipinski definition) is 0. The highest BCUT2D eigenvalue weighted by atomic mass is 79.9. The third-order valence-corrected chi connectivity index (χ3v) is 1.89. The van der Waals surface area contributed by atoms with Crippen molar-refractivity contribution in [3.05, 3.63) is 22.4 Å². The van der Waals surface area contributed by atoms with Crippen LogP contribution in [0.4, 0.5) is 0 Å². The minimum Gasteiger partial charge on any atom is -0.335 e. The van der Waals surface area contributed by atoms with Crippen molar-refractivity contribution in [2.45, 2.75) is 0 Å². The molecule has 0 aliphatic heterocycles. The first-order valence-corrected chi connectivity index (χ1v) is 3.97. The van der Waals surface area contributed by atoms with Gasteiger partial charge in [0.25, 0.3) is 5.71 Å². The van der Waals surface area contributed by atoms with E-state index in [1.165, 1.54) is 0 Å². The molecule has 0 aliphatic carbocycles. The molecule has 0 aromatic carbocycles. The number of hydrogen-bond acceptors (Lipinski definition) is 4. The monoisotopic (exact) mass is 226 g/mol. The molecule has 4 nitrogen and oxygen atoms in total. The summed E-state index contributed by atoms with van der Waals surface area (Å²) >= 11 is 3.18. The largest absolute Gasteiger partial charge is 0.335 e. The summed E-state index contributed by atoms with van der Waals surface area (Å²) in [6, 6.07) is 3.46. The quantitative estimate of drug-likeness (QED) is 0.550. The topological polar surface area (TPSA) is 56.0 Å². The molecule has 60 valence electrons. The predicted molar refractivity (Wildman–Crippen MR) is 44.9 cm³/mol. The summed E-state index contributed by atoms with van der Waals surface area (Å²) in [6.45, 7) is 0. The van der Waals surface area contributed by atoms with Gasteiger partial charge in [0.1, 0.15) is 4.60 Å². The maximum Gasteiger partial charge on any atom is 0.259 e. The molecule has 0 aliphatic rings. The zero-order valence-corrected chi connectivity index (χ0v) is 7.41. The molecule has 5 heteroatoms. The number of aromatic nitrogens is 2. The van der Waals surface area contributed by atoms with Crippen molar-refractivity contribution in [1.29, 1.82) is 0 Å². The van der Waals surface area contributed by atoms with Crippen LogP contribution in [0, 0.1) is 0 Å². The van der Waals surface area contributed by atoms with Gasteiger partial charge in [0.2, 0.25) is 0 Å². The number of aldehydes is 1. The summed E-state index contributed by atoms with van der Waals surface area (Å²) in [5.41, 5.74) is 0.650. The number of fused-ring (bicyclic) bond motifs is 1. The summed E-state index contributed by atoms with van der Waals surface area (Å²) in [5, 5.41) is 4.16. The Morgan fingerprint density at radius 1 is 1.50 bits per heavy atom. The maximum absolute atomic E-state index is 10.4. The Labute approximate surface area is 75.7 Å². The van der Waals surface area contributed by atoms with Crippen LogP contribution in [0.2, 0.25) is 0 Å². The molecule has 0 atom stereocenters. The van der Waals surface area contributed by atoms with Crippen molar-refractivity contribution < 1.29 is 9.32 Å². The third kappa shape index (κ3) is 1.02. The molecule has 0 bridgehead atoms. The number of nitrogens with zero attached hydrogens (tertiary/aromatic N) is 2. The Morgan fingerprint density at radius 3 is 3.08 bits per heavy atom. The maximum atomic E-state index is 10.4. The number of carbonyl (C=O) groups is 1. The predicted octanol–water partition coefficient (Wildman–Crippen LogP) is 1.80. The number of pyridine rings is 1. The average Bonchev–Trinajstić information content (AvgIpc) is 2.46. The Balaban J connectivity index is 2.81. The highest BCUT2D eigenvalue weighted by molar-refractivity contribution is 9.10. The summed E-state index contributed by atoms with van der Waals surface area (Å²) in [7, 11) is 0. The van der Waals surface area contributed by atoms with Gasteiger partial charge in [-0.15, -0.1) is 0 Å². The van der Waals surface area contributed by atoms with Crippen LogP contribution in [0.3, 0.4) is 0 Å². The zero-order valence-electron chi connectivity index (χ0n) is 5.82. The van der Waals surface area contributed by atoms with Gasteiger partial charge < -0.3 is 4.52 Å². The fraction of sp³-hybridized carbons (Fsp3) is 0. The van der Waals surface area contributed by atoms with E-state index in [2.05, 4.69) is 26.1 Å². The van der Waals surface area contributed by atoms with Crippen LogP contribution in [0.5, 0.6) is 0 Å². The molecule has 0 amide bonds. The fourth-order valence-electron chi connectivity index (χ4n) is 0.909. The summed E-state index contributed by atoms with van der Waals surface area (Å²) < 4.78 is 5.45. The van der Waals surface area contributed by atoms with Gasteiger partial charge in [-0.05, 0) is 28.1 Å². The molecule has 2 aromatic heterocycles. The molecular weight excluding hydrogens is 224 g/mol. The Kier molecular flexibility index (Phi) is 1.65. The SMILES string of the molecule is O=Cc1noc2nc(Br)ccc12. The lowest BCUT2D eigenvalue weighted by Crippen LogP contribution is -1.79. The Hall–Kier alpha value is -1.23. The van der Waals surface area contributed by atoms with Crippen molar-refractivity contribution in [1.82, 2.24) is 10.1 Å². The first kappa shape index (κ1) is 7.42. The molecule has 12 heavy (non-hydrogen) atoms. The fourth-order valence-corrected chi connectivity index (χ4v) is 1.20. The smallest absolute Gasteiger partial charge is 0.259 e. The molecule has 0 unspecified atom stereocenters. The van der Waals surface area contributed by atoms with Gasteiger partial charge in [0, 0.05) is 0 Å². The van der Waals surface area contributed by atoms with E-state index in [9.17, 15) is 4.79 Å². The molecular formula is C7H3BrN2O2. The van der Waals surface area contributed by atoms with Crippen molar-refractivity contribution in [2.24, 2.45) is 0 Å². The van der Waals surface area contributed by atoms with E-state index in [-0.39, 0.29) is 5.69 Å². The van der Waals surface area contributed by atoms with E-state index in [0.717, 1.165) is 0 Å². The van der Waals surface area contributed by atoms with Crippen LogP contribution in [0.15, 0.2) is 21.3 Å². The standard InChI is InChI=1S/C7H3BrN2O2/c8-6-2-1-4-5(3-11)10-12-7(4)9-6/h1-3H. The lowest BCUT2D eigenvalue weighted by molar-refractivity contribution is 0.111. The molecule has 0 spiro atoms. The zero-order chi connectivity index (χ0) is 8.55. The lowest BCUT2D eigenvalue weighted by atomic mass is 10.3. The lowest BCUT2D eigenvalue weighted by Gasteiger charge is -1.86. The minimum atomic E-state index is 0.282. The molecule has 0 fully saturated rings. The van der Waals surface area contributed by atoms with Crippen molar-refractivity contribution in [3.63, 3.8) is 0 Å². The van der Waals surface area contributed by atoms with E-state index in [1.54, 1.807) is 12.1 Å². The van der Waals surface area contributed by atoms with E-state index in [0.29, 0.717) is 22.0 Å². The Morgan fingerprint density at radius 2 is 2.33 bits per heavy atom. The molecule has 2 heterocycles. The van der Waals surface area contributed by atoms with E-state index in [1.807, 2.05) is 0 Å². The highest BCUT2D eigenvalue weighted by Crippen LogP contribution is 2.17. The second-order valence-corrected chi connectivity index (χ2v) is 2.98. The third-order valence-electron chi connectivity index (χ3n) is 1.44. The molecule has 2 rings (SSSR count). The van der Waals surface area contributed by atoms with Gasteiger partial charge in [-0.2, -0.15) is 0 Å². The second-order valence-electron chi connectivity index (χ2n) is 2.17. The summed E-state index contributed by atoms with van der Waals surface area (Å²) in [4.78, 5) is 14.4. The number of carbonyl (C=O) groups excluding carboxylic acids is 1. The molecule has 0 saturated carbocycles. The van der Waals surface area contributed by atoms with Gasteiger partial charge in [-0.3, -0.25) is 4.79 Å². The van der Waals surface area contributed by atoms with Crippen molar-refractivity contribution in [2.75, 3.05) is 0 Å². The molecule has 2 aromatic rings. The van der Waals surface area contributed by atoms with Crippen molar-refractivity contribution >= 4 is 33.3 Å². The van der Waals surface area contributed by atoms with Crippen LogP contribution in [0.25, 0.3) is 11.1 Å². The number of halogens is 1. The number of rotatable bonds is 1. The first-order chi connectivity index (χ1) is 5.81. The van der Waals surface area contributed by atoms with Gasteiger partial charge in [-0.25, -0.2) is 4.98 Å². The first-order valence-electron chi connectivity index (χ1n) is 3.18. The summed E-state index contributed by atoms with van der Waals surface area (Å²) in [6.07, 6.45) is 0.640. The van der Waals surface area contributed by atoms with E-state index in [4.69, 9.17) is 4.52 Å². The van der Waals surface area contributed by atoms with Crippen LogP contribution >= 0.6 is 15.9 Å². The molecule has 0 N–H and O–H groups in total. The van der Waals surface area contributed by atoms with Crippen molar-refractivity contribution in [3.8, 4) is 0 Å². The molecule has 0 radical (unpaired) electrons. The van der Waals surface area contributed by atoms with Gasteiger partial charge >= 0.3 is 0 Å². The van der Waals surface area contributed by atoms with Crippen LogP contribution < -0.4 is 0 Å². The van der Waals surface area contributed by atoms with Gasteiger partial charge in [0.05, 0.1) is 5.39 Å². The van der Waals surface area contributed by atoms with E-state index < -0.39 is 0 Å². The Bertz CT molecular complexity index is 438. The van der Waals surface area contributed by atoms with Crippen LogP contribution in [-0.2, 0) is 0 Å².